The zero-order valence-corrected chi connectivity index (χ0v) is 10.5. The van der Waals surface area contributed by atoms with E-state index in [1.807, 2.05) is 6.07 Å². The van der Waals surface area contributed by atoms with Gasteiger partial charge < -0.3 is 15.3 Å². The molecule has 94 valence electrons. The predicted octanol–water partition coefficient (Wildman–Crippen LogP) is 0.966. The monoisotopic (exact) mass is 237 g/mol. The van der Waals surface area contributed by atoms with Gasteiger partial charge in [-0.1, -0.05) is 0 Å². The molecule has 0 aromatic carbocycles. The highest BCUT2D eigenvalue weighted by atomic mass is 16.3. The molecule has 0 aliphatic heterocycles. The first-order valence-corrected chi connectivity index (χ1v) is 5.62. The Bertz CT molecular complexity index is 363. The summed E-state index contributed by atoms with van der Waals surface area (Å²) < 4.78 is 0. The smallest absolute Gasteiger partial charge is 0.272 e. The highest BCUT2D eigenvalue weighted by Crippen LogP contribution is 2.07. The summed E-state index contributed by atoms with van der Waals surface area (Å²) in [6.07, 6.45) is 1.79. The van der Waals surface area contributed by atoms with Gasteiger partial charge in [0.15, 0.2) is 0 Å². The Labute approximate surface area is 101 Å². The number of aliphatic hydroxyl groups excluding tert-OH is 1. The van der Waals surface area contributed by atoms with Gasteiger partial charge in [0.2, 0.25) is 0 Å². The third kappa shape index (κ3) is 4.03. The Morgan fingerprint density at radius 1 is 1.59 bits per heavy atom. The van der Waals surface area contributed by atoms with Crippen LogP contribution in [-0.4, -0.2) is 47.6 Å². The number of carbonyl (C=O) groups excluding carboxylic acids is 1. The molecule has 0 aliphatic rings. The normalized spacial score (nSPS) is 12.0. The summed E-state index contributed by atoms with van der Waals surface area (Å²) in [5, 5.41) is 12.1. The third-order valence-corrected chi connectivity index (χ3v) is 2.50. The van der Waals surface area contributed by atoms with Gasteiger partial charge in [0, 0.05) is 20.6 Å². The van der Waals surface area contributed by atoms with Crippen LogP contribution in [0.25, 0.3) is 0 Å². The second kappa shape index (κ2) is 6.20. The first-order valence-electron chi connectivity index (χ1n) is 5.62. The van der Waals surface area contributed by atoms with E-state index in [4.69, 9.17) is 5.11 Å². The Hall–Kier alpha value is -1.62. The number of aliphatic hydroxyl groups is 1. The number of amides is 1. The van der Waals surface area contributed by atoms with Gasteiger partial charge in [-0.3, -0.25) is 4.79 Å². The summed E-state index contributed by atoms with van der Waals surface area (Å²) in [4.78, 5) is 17.6. The Morgan fingerprint density at radius 2 is 2.29 bits per heavy atom. The van der Waals surface area contributed by atoms with Gasteiger partial charge in [-0.2, -0.15) is 0 Å². The third-order valence-electron chi connectivity index (χ3n) is 2.50. The van der Waals surface area contributed by atoms with E-state index in [1.165, 1.54) is 0 Å². The van der Waals surface area contributed by atoms with Crippen LogP contribution in [0.3, 0.4) is 0 Å². The van der Waals surface area contributed by atoms with Crippen molar-refractivity contribution >= 4 is 11.6 Å². The van der Waals surface area contributed by atoms with Crippen LogP contribution in [0.1, 0.15) is 23.8 Å². The number of aromatic nitrogens is 1. The number of carbonyl (C=O) groups is 1. The van der Waals surface area contributed by atoms with Crippen molar-refractivity contribution in [2.45, 2.75) is 19.4 Å². The molecule has 1 unspecified atom stereocenters. The maximum atomic E-state index is 11.9. The average Bonchev–Trinajstić information content (AvgIpc) is 2.35. The van der Waals surface area contributed by atoms with Crippen LogP contribution < -0.4 is 5.32 Å². The number of rotatable bonds is 5. The number of nitrogens with zero attached hydrogens (tertiary/aromatic N) is 2. The topological polar surface area (TPSA) is 65.5 Å². The first-order chi connectivity index (χ1) is 8.04. The van der Waals surface area contributed by atoms with E-state index in [-0.39, 0.29) is 5.91 Å². The summed E-state index contributed by atoms with van der Waals surface area (Å²) in [7, 11) is 3.51. The Morgan fingerprint density at radius 3 is 2.76 bits per heavy atom. The molecule has 0 radical (unpaired) electrons. The van der Waals surface area contributed by atoms with Crippen LogP contribution in [-0.2, 0) is 0 Å². The van der Waals surface area contributed by atoms with Crippen molar-refractivity contribution in [3.63, 3.8) is 0 Å². The van der Waals surface area contributed by atoms with E-state index in [0.29, 0.717) is 18.7 Å². The largest absolute Gasteiger partial charge is 0.393 e. The molecule has 0 aliphatic carbocycles. The summed E-state index contributed by atoms with van der Waals surface area (Å²) in [5.41, 5.74) is 1.28. The van der Waals surface area contributed by atoms with E-state index in [9.17, 15) is 4.79 Å². The minimum Gasteiger partial charge on any atom is -0.393 e. The lowest BCUT2D eigenvalue weighted by atomic mass is 10.2. The molecule has 1 amide bonds. The van der Waals surface area contributed by atoms with Crippen molar-refractivity contribution in [2.75, 3.05) is 26.0 Å². The molecule has 1 atom stereocenters. The summed E-state index contributed by atoms with van der Waals surface area (Å²) >= 11 is 0. The standard InChI is InChI=1S/C12H19N3O2/c1-9(16)6-7-15(3)12(17)11-5-4-10(13-2)8-14-11/h4-5,8-9,13,16H,6-7H2,1-3H3. The number of pyridine rings is 1. The zero-order chi connectivity index (χ0) is 12.8. The quantitative estimate of drug-likeness (QED) is 0.800. The maximum Gasteiger partial charge on any atom is 0.272 e. The second-order valence-corrected chi connectivity index (χ2v) is 4.05. The summed E-state index contributed by atoms with van der Waals surface area (Å²) in [5.74, 6) is -0.131. The summed E-state index contributed by atoms with van der Waals surface area (Å²) in [6.45, 7) is 2.23. The number of anilines is 1. The zero-order valence-electron chi connectivity index (χ0n) is 10.5. The van der Waals surface area contributed by atoms with Crippen molar-refractivity contribution in [2.24, 2.45) is 0 Å². The molecular formula is C12H19N3O2. The van der Waals surface area contributed by atoms with Crippen molar-refractivity contribution in [3.05, 3.63) is 24.0 Å². The van der Waals surface area contributed by atoms with Crippen LogP contribution in [0, 0.1) is 0 Å². The lowest BCUT2D eigenvalue weighted by Crippen LogP contribution is -2.30. The molecule has 1 rings (SSSR count). The second-order valence-electron chi connectivity index (χ2n) is 4.05. The molecule has 0 saturated carbocycles. The van der Waals surface area contributed by atoms with Crippen molar-refractivity contribution < 1.29 is 9.90 Å². The number of hydrogen-bond acceptors (Lipinski definition) is 4. The molecule has 0 bridgehead atoms. The highest BCUT2D eigenvalue weighted by molar-refractivity contribution is 5.92. The van der Waals surface area contributed by atoms with E-state index < -0.39 is 6.10 Å². The molecule has 0 spiro atoms. The van der Waals surface area contributed by atoms with Crippen LogP contribution in [0.5, 0.6) is 0 Å². The highest BCUT2D eigenvalue weighted by Gasteiger charge is 2.13. The fourth-order valence-electron chi connectivity index (χ4n) is 1.35. The predicted molar refractivity (Wildman–Crippen MR) is 67.0 cm³/mol. The van der Waals surface area contributed by atoms with Crippen LogP contribution >= 0.6 is 0 Å². The lowest BCUT2D eigenvalue weighted by Gasteiger charge is -2.17. The van der Waals surface area contributed by atoms with Crippen LogP contribution in [0.2, 0.25) is 0 Å². The number of nitrogens with one attached hydrogen (secondary N) is 1. The Kier molecular flexibility index (Phi) is 4.90. The average molecular weight is 237 g/mol. The molecular weight excluding hydrogens is 218 g/mol. The van der Waals surface area contributed by atoms with Gasteiger partial charge >= 0.3 is 0 Å². The minimum absolute atomic E-state index is 0.131. The van der Waals surface area contributed by atoms with Crippen molar-refractivity contribution in [1.29, 1.82) is 0 Å². The van der Waals surface area contributed by atoms with Crippen molar-refractivity contribution in [3.8, 4) is 0 Å². The van der Waals surface area contributed by atoms with E-state index in [2.05, 4.69) is 10.3 Å². The molecule has 0 saturated heterocycles. The molecule has 1 heterocycles. The SMILES string of the molecule is CNc1ccc(C(=O)N(C)CCC(C)O)nc1. The summed E-state index contributed by atoms with van der Waals surface area (Å²) in [6, 6.07) is 3.50. The molecule has 0 fully saturated rings. The van der Waals surface area contributed by atoms with Crippen LogP contribution in [0.15, 0.2) is 18.3 Å². The molecule has 2 N–H and O–H groups in total. The van der Waals surface area contributed by atoms with E-state index in [1.54, 1.807) is 38.2 Å². The fourth-order valence-corrected chi connectivity index (χ4v) is 1.35. The van der Waals surface area contributed by atoms with Gasteiger partial charge in [0.05, 0.1) is 18.0 Å². The molecule has 17 heavy (non-hydrogen) atoms. The van der Waals surface area contributed by atoms with Gasteiger partial charge in [-0.25, -0.2) is 4.98 Å². The van der Waals surface area contributed by atoms with Gasteiger partial charge in [0.1, 0.15) is 5.69 Å². The molecule has 5 nitrogen and oxygen atoms in total. The first kappa shape index (κ1) is 13.4. The van der Waals surface area contributed by atoms with Crippen molar-refractivity contribution in [1.82, 2.24) is 9.88 Å². The number of hydrogen-bond donors (Lipinski definition) is 2. The maximum absolute atomic E-state index is 11.9. The van der Waals surface area contributed by atoms with E-state index >= 15 is 0 Å². The molecule has 5 heteroatoms. The molecule has 1 aromatic heterocycles. The van der Waals surface area contributed by atoms with Gasteiger partial charge in [0.25, 0.3) is 5.91 Å². The lowest BCUT2D eigenvalue weighted by molar-refractivity contribution is 0.0763. The minimum atomic E-state index is -0.398. The van der Waals surface area contributed by atoms with Gasteiger partial charge in [-0.15, -0.1) is 0 Å². The fraction of sp³-hybridized carbons (Fsp3) is 0.500. The Balaban J connectivity index is 2.61. The van der Waals surface area contributed by atoms with Crippen LogP contribution in [0.4, 0.5) is 5.69 Å². The van der Waals surface area contributed by atoms with Gasteiger partial charge in [-0.05, 0) is 25.5 Å². The van der Waals surface area contributed by atoms with E-state index in [0.717, 1.165) is 5.69 Å². The molecule has 1 aromatic rings.